The van der Waals surface area contributed by atoms with Crippen LogP contribution in [0.4, 0.5) is 11.4 Å². The Bertz CT molecular complexity index is 3150. The third kappa shape index (κ3) is 4.84. The van der Waals surface area contributed by atoms with Gasteiger partial charge in [0.15, 0.2) is 0 Å². The minimum Gasteiger partial charge on any atom is -0.333 e. The van der Waals surface area contributed by atoms with Crippen molar-refractivity contribution in [3.05, 3.63) is 200 Å². The molecule has 0 amide bonds. The Hall–Kier alpha value is -7.10. The summed E-state index contributed by atoms with van der Waals surface area (Å²) in [5.41, 5.74) is 17.1. The van der Waals surface area contributed by atoms with E-state index in [2.05, 4.69) is 222 Å². The maximum atomic E-state index is 2.54. The van der Waals surface area contributed by atoms with E-state index in [4.69, 9.17) is 0 Å². The average molecular weight is 718 g/mol. The van der Waals surface area contributed by atoms with Gasteiger partial charge in [-0.05, 0) is 121 Å². The van der Waals surface area contributed by atoms with Gasteiger partial charge in [0.1, 0.15) is 0 Å². The van der Waals surface area contributed by atoms with E-state index in [1.54, 1.807) is 0 Å². The Kier molecular flexibility index (Phi) is 7.36. The quantitative estimate of drug-likeness (QED) is 0.173. The number of hydrogen-bond donors (Lipinski definition) is 0. The van der Waals surface area contributed by atoms with Gasteiger partial charge in [0.05, 0.1) is 33.8 Å². The highest BCUT2D eigenvalue weighted by molar-refractivity contribution is 6.13. The second-order valence-corrected chi connectivity index (χ2v) is 14.9. The molecule has 0 N–H and O–H groups in total. The van der Waals surface area contributed by atoms with Crippen LogP contribution >= 0.6 is 0 Å². The Morgan fingerprint density at radius 1 is 0.393 bits per heavy atom. The van der Waals surface area contributed by atoms with Crippen LogP contribution in [0.2, 0.25) is 0 Å². The summed E-state index contributed by atoms with van der Waals surface area (Å²) in [6.07, 6.45) is 2.31. The minimum absolute atomic E-state index is 0.168. The van der Waals surface area contributed by atoms with Crippen LogP contribution in [-0.2, 0) is 0 Å². The molecular weight excluding hydrogens is 679 g/mol. The highest BCUT2D eigenvalue weighted by Crippen LogP contribution is 2.52. The fourth-order valence-corrected chi connectivity index (χ4v) is 9.40. The molecule has 0 saturated carbocycles. The first-order chi connectivity index (χ1) is 27.7. The number of rotatable bonds is 5. The zero-order valence-electron chi connectivity index (χ0n) is 31.4. The van der Waals surface area contributed by atoms with Gasteiger partial charge in [-0.1, -0.05) is 109 Å². The van der Waals surface area contributed by atoms with Gasteiger partial charge in [0.2, 0.25) is 0 Å². The summed E-state index contributed by atoms with van der Waals surface area (Å²) in [6, 6.07) is 69.0. The molecule has 1 atom stereocenters. The van der Waals surface area contributed by atoms with Crippen LogP contribution in [-0.4, -0.2) is 15.2 Å². The largest absolute Gasteiger partial charge is 0.333 e. The van der Waals surface area contributed by atoms with Gasteiger partial charge in [0.25, 0.3) is 0 Å². The van der Waals surface area contributed by atoms with E-state index in [-0.39, 0.29) is 6.04 Å². The van der Waals surface area contributed by atoms with Crippen molar-refractivity contribution < 1.29 is 0 Å². The lowest BCUT2D eigenvalue weighted by Crippen LogP contribution is -2.23. The van der Waals surface area contributed by atoms with E-state index >= 15 is 0 Å². The van der Waals surface area contributed by atoms with E-state index < -0.39 is 0 Å². The highest BCUT2D eigenvalue weighted by atomic mass is 15.2. The molecule has 0 spiro atoms. The number of aromatic nitrogens is 2. The maximum Gasteiger partial charge on any atom is 0.0573 e. The van der Waals surface area contributed by atoms with Crippen LogP contribution in [0.1, 0.15) is 19.4 Å². The van der Waals surface area contributed by atoms with E-state index in [1.807, 2.05) is 0 Å². The van der Waals surface area contributed by atoms with Crippen LogP contribution in [0.25, 0.3) is 82.8 Å². The summed E-state index contributed by atoms with van der Waals surface area (Å²) in [5, 5.41) is 5.01. The first-order valence-electron chi connectivity index (χ1n) is 19.5. The molecule has 2 aromatic heterocycles. The van der Waals surface area contributed by atoms with Crippen LogP contribution in [0.15, 0.2) is 194 Å². The first-order valence-corrected chi connectivity index (χ1v) is 19.5. The van der Waals surface area contributed by atoms with Crippen LogP contribution < -0.4 is 4.90 Å². The standard InChI is InChI=1S/C53H39N3/c1-3-42-35(2)54(39-17-7-4-8-18-39)53-45(37-28-30-52-47(32-37)44-24-14-16-26-50(44)56(52)41-21-11-6-12-22-41)33-38(34-48(42)53)36-27-29-51-46(31-36)43-23-13-15-25-49(43)55(51)40-19-9-5-10-20-40/h3-35H,1-2H3/b42-3+. The van der Waals surface area contributed by atoms with Crippen molar-refractivity contribution >= 4 is 60.6 Å². The van der Waals surface area contributed by atoms with Crippen molar-refractivity contribution in [3.63, 3.8) is 0 Å². The summed E-state index contributed by atoms with van der Waals surface area (Å²) in [7, 11) is 0. The number of anilines is 2. The van der Waals surface area contributed by atoms with Crippen LogP contribution in [0.3, 0.4) is 0 Å². The number of fused-ring (bicyclic) bond motifs is 7. The molecule has 11 rings (SSSR count). The summed E-state index contributed by atoms with van der Waals surface area (Å²) in [5.74, 6) is 0. The second-order valence-electron chi connectivity index (χ2n) is 14.9. The molecular formula is C53H39N3. The first kappa shape index (κ1) is 32.3. The lowest BCUT2D eigenvalue weighted by molar-refractivity contribution is 0.916. The van der Waals surface area contributed by atoms with E-state index in [9.17, 15) is 0 Å². The molecule has 3 heterocycles. The molecule has 1 aliphatic heterocycles. The molecule has 0 fully saturated rings. The molecule has 0 aliphatic carbocycles. The van der Waals surface area contributed by atoms with Crippen LogP contribution in [0.5, 0.6) is 0 Å². The van der Waals surface area contributed by atoms with Crippen molar-refractivity contribution in [3.8, 4) is 33.6 Å². The fourth-order valence-electron chi connectivity index (χ4n) is 9.40. The van der Waals surface area contributed by atoms with Crippen molar-refractivity contribution in [2.24, 2.45) is 0 Å². The van der Waals surface area contributed by atoms with Gasteiger partial charge in [-0.25, -0.2) is 0 Å². The number of hydrogen-bond acceptors (Lipinski definition) is 1. The molecule has 56 heavy (non-hydrogen) atoms. The van der Waals surface area contributed by atoms with Gasteiger partial charge < -0.3 is 14.0 Å². The van der Waals surface area contributed by atoms with Gasteiger partial charge in [-0.2, -0.15) is 0 Å². The van der Waals surface area contributed by atoms with Gasteiger partial charge in [-0.3, -0.25) is 0 Å². The smallest absolute Gasteiger partial charge is 0.0573 e. The third-order valence-electron chi connectivity index (χ3n) is 11.9. The lowest BCUT2D eigenvalue weighted by Gasteiger charge is -2.27. The van der Waals surface area contributed by atoms with Crippen molar-refractivity contribution in [2.75, 3.05) is 4.90 Å². The minimum atomic E-state index is 0.168. The third-order valence-corrected chi connectivity index (χ3v) is 11.9. The SMILES string of the molecule is C/C=C1/c2cc(-c3ccc4c(c3)c3ccccc3n4-c3ccccc3)cc(-c3ccc4c(c3)c3ccccc3n4-c3ccccc3)c2N(c2ccccc2)C1C. The van der Waals surface area contributed by atoms with E-state index in [0.717, 1.165) is 0 Å². The van der Waals surface area contributed by atoms with E-state index in [1.165, 1.54) is 99.8 Å². The monoisotopic (exact) mass is 717 g/mol. The predicted octanol–water partition coefficient (Wildman–Crippen LogP) is 14.2. The second kappa shape index (κ2) is 12.8. The Morgan fingerprint density at radius 2 is 0.839 bits per heavy atom. The Balaban J connectivity index is 1.18. The summed E-state index contributed by atoms with van der Waals surface area (Å²) < 4.78 is 4.79. The number of benzene rings is 8. The lowest BCUT2D eigenvalue weighted by atomic mass is 9.91. The highest BCUT2D eigenvalue weighted by Gasteiger charge is 2.34. The normalized spacial score (nSPS) is 14.8. The molecule has 0 bridgehead atoms. The van der Waals surface area contributed by atoms with Crippen molar-refractivity contribution in [1.82, 2.24) is 9.13 Å². The van der Waals surface area contributed by atoms with Gasteiger partial charge in [-0.15, -0.1) is 0 Å². The predicted molar refractivity (Wildman–Crippen MR) is 238 cm³/mol. The Morgan fingerprint density at radius 3 is 1.39 bits per heavy atom. The zero-order chi connectivity index (χ0) is 37.3. The molecule has 10 aromatic rings. The molecule has 3 nitrogen and oxygen atoms in total. The number of para-hydroxylation sites is 5. The summed E-state index contributed by atoms with van der Waals surface area (Å²) in [6.45, 7) is 4.53. The average Bonchev–Trinajstić information content (AvgIpc) is 3.88. The molecule has 3 heteroatoms. The zero-order valence-corrected chi connectivity index (χ0v) is 31.4. The van der Waals surface area contributed by atoms with Crippen LogP contribution in [0, 0.1) is 0 Å². The number of nitrogens with zero attached hydrogens (tertiary/aromatic N) is 3. The summed E-state index contributed by atoms with van der Waals surface area (Å²) in [4.78, 5) is 2.54. The molecule has 0 radical (unpaired) electrons. The van der Waals surface area contributed by atoms with Crippen molar-refractivity contribution in [1.29, 1.82) is 0 Å². The summed E-state index contributed by atoms with van der Waals surface area (Å²) >= 11 is 0. The number of allylic oxidation sites excluding steroid dienone is 1. The van der Waals surface area contributed by atoms with Gasteiger partial charge in [0, 0.05) is 49.7 Å². The molecule has 266 valence electrons. The molecule has 1 aliphatic rings. The van der Waals surface area contributed by atoms with Gasteiger partial charge >= 0.3 is 0 Å². The molecule has 8 aromatic carbocycles. The van der Waals surface area contributed by atoms with E-state index in [0.29, 0.717) is 0 Å². The maximum absolute atomic E-state index is 2.54. The molecule has 0 saturated heterocycles. The Labute approximate surface area is 326 Å². The topological polar surface area (TPSA) is 13.1 Å². The molecule has 1 unspecified atom stereocenters. The van der Waals surface area contributed by atoms with Crippen molar-refractivity contribution in [2.45, 2.75) is 19.9 Å². The fraction of sp³-hybridized carbons (Fsp3) is 0.0566.